The second kappa shape index (κ2) is 3.74. The highest BCUT2D eigenvalue weighted by molar-refractivity contribution is 7.95. The highest BCUT2D eigenvalue weighted by Gasteiger charge is 1.98. The van der Waals surface area contributed by atoms with Crippen molar-refractivity contribution >= 4 is 16.1 Å². The van der Waals surface area contributed by atoms with E-state index in [0.29, 0.717) is 11.5 Å². The van der Waals surface area contributed by atoms with Crippen LogP contribution in [0.1, 0.15) is 13.3 Å². The Balaban J connectivity index is 3.92. The molecule has 0 saturated carbocycles. The SMILES string of the molecule is CCC(=NC)S(=O)O. The van der Waals surface area contributed by atoms with Crippen LogP contribution in [0.4, 0.5) is 0 Å². The Bertz CT molecular complexity index is 121. The van der Waals surface area contributed by atoms with Crippen molar-refractivity contribution in [3.63, 3.8) is 0 Å². The Hall–Kier alpha value is -0.220. The summed E-state index contributed by atoms with van der Waals surface area (Å²) in [4.78, 5) is 3.57. The van der Waals surface area contributed by atoms with Crippen molar-refractivity contribution in [1.29, 1.82) is 0 Å². The minimum Gasteiger partial charge on any atom is -0.301 e. The van der Waals surface area contributed by atoms with E-state index in [2.05, 4.69) is 4.99 Å². The number of hydrogen-bond donors (Lipinski definition) is 1. The molecule has 0 aliphatic heterocycles. The molecule has 0 rings (SSSR count). The maximum Gasteiger partial charge on any atom is 0.200 e. The smallest absolute Gasteiger partial charge is 0.200 e. The van der Waals surface area contributed by atoms with Gasteiger partial charge in [-0.15, -0.1) is 0 Å². The van der Waals surface area contributed by atoms with E-state index in [4.69, 9.17) is 4.55 Å². The molecule has 4 heteroatoms. The third-order valence-electron chi connectivity index (χ3n) is 0.753. The van der Waals surface area contributed by atoms with Gasteiger partial charge in [0, 0.05) is 7.05 Å². The van der Waals surface area contributed by atoms with Crippen LogP contribution in [-0.4, -0.2) is 20.9 Å². The first-order valence-electron chi connectivity index (χ1n) is 2.28. The predicted molar refractivity (Wildman–Crippen MR) is 34.4 cm³/mol. The zero-order valence-corrected chi connectivity index (χ0v) is 5.73. The molecule has 0 fully saturated rings. The molecule has 0 amide bonds. The predicted octanol–water partition coefficient (Wildman–Crippen LogP) is 0.646. The van der Waals surface area contributed by atoms with Gasteiger partial charge in [-0.1, -0.05) is 6.92 Å². The molecule has 0 saturated heterocycles. The first-order chi connectivity index (χ1) is 3.72. The lowest BCUT2D eigenvalue weighted by atomic mass is 10.5. The van der Waals surface area contributed by atoms with Crippen molar-refractivity contribution in [3.8, 4) is 0 Å². The van der Waals surface area contributed by atoms with Crippen molar-refractivity contribution in [2.45, 2.75) is 13.3 Å². The molecular weight excluding hydrogens is 126 g/mol. The fourth-order valence-corrected chi connectivity index (χ4v) is 0.763. The second-order valence-corrected chi connectivity index (χ2v) is 2.19. The Kier molecular flexibility index (Phi) is 3.64. The summed E-state index contributed by atoms with van der Waals surface area (Å²) in [6.07, 6.45) is 0.541. The number of rotatable bonds is 1. The summed E-state index contributed by atoms with van der Waals surface area (Å²) in [7, 11) is 1.51. The molecule has 0 bridgehead atoms. The van der Waals surface area contributed by atoms with Crippen LogP contribution in [0.25, 0.3) is 0 Å². The minimum absolute atomic E-state index is 0.338. The summed E-state index contributed by atoms with van der Waals surface area (Å²) >= 11 is -1.85. The lowest BCUT2D eigenvalue weighted by Crippen LogP contribution is -2.03. The molecule has 3 nitrogen and oxygen atoms in total. The summed E-state index contributed by atoms with van der Waals surface area (Å²) in [5.41, 5.74) is 0. The van der Waals surface area contributed by atoms with Gasteiger partial charge in [0.05, 0.1) is 0 Å². The molecule has 0 spiro atoms. The largest absolute Gasteiger partial charge is 0.301 e. The summed E-state index contributed by atoms with van der Waals surface area (Å²) in [6.45, 7) is 1.79. The van der Waals surface area contributed by atoms with E-state index >= 15 is 0 Å². The van der Waals surface area contributed by atoms with Gasteiger partial charge >= 0.3 is 0 Å². The van der Waals surface area contributed by atoms with Gasteiger partial charge in [-0.2, -0.15) is 0 Å². The van der Waals surface area contributed by atoms with Crippen LogP contribution in [0.2, 0.25) is 0 Å². The lowest BCUT2D eigenvalue weighted by molar-refractivity contribution is 0.576. The third kappa shape index (κ3) is 2.18. The maximum absolute atomic E-state index is 10.1. The normalized spacial score (nSPS) is 16.1. The highest BCUT2D eigenvalue weighted by Crippen LogP contribution is 1.87. The molecule has 0 aromatic heterocycles. The molecule has 0 radical (unpaired) electrons. The van der Waals surface area contributed by atoms with E-state index in [9.17, 15) is 4.21 Å². The fourth-order valence-electron chi connectivity index (χ4n) is 0.360. The lowest BCUT2D eigenvalue weighted by Gasteiger charge is -1.90. The summed E-state index contributed by atoms with van der Waals surface area (Å²) in [6, 6.07) is 0. The average Bonchev–Trinajstić information content (AvgIpc) is 1.69. The van der Waals surface area contributed by atoms with Crippen molar-refractivity contribution in [2.24, 2.45) is 4.99 Å². The third-order valence-corrected chi connectivity index (χ3v) is 1.63. The van der Waals surface area contributed by atoms with Crippen molar-refractivity contribution in [2.75, 3.05) is 7.05 Å². The van der Waals surface area contributed by atoms with Crippen LogP contribution in [0.5, 0.6) is 0 Å². The first kappa shape index (κ1) is 7.78. The molecule has 0 aromatic rings. The van der Waals surface area contributed by atoms with Crippen LogP contribution in [0.15, 0.2) is 4.99 Å². The van der Waals surface area contributed by atoms with Gasteiger partial charge in [-0.25, -0.2) is 4.21 Å². The molecule has 8 heavy (non-hydrogen) atoms. The monoisotopic (exact) mass is 135 g/mol. The summed E-state index contributed by atoms with van der Waals surface area (Å²) in [5.74, 6) is 0. The van der Waals surface area contributed by atoms with Crippen molar-refractivity contribution in [3.05, 3.63) is 0 Å². The van der Waals surface area contributed by atoms with E-state index in [1.165, 1.54) is 7.05 Å². The molecule has 48 valence electrons. The molecule has 0 aliphatic carbocycles. The van der Waals surface area contributed by atoms with Gasteiger partial charge < -0.3 is 4.55 Å². The molecule has 0 heterocycles. The molecular formula is C4H9NO2S. The molecule has 1 atom stereocenters. The molecule has 1 unspecified atom stereocenters. The van der Waals surface area contributed by atoms with Gasteiger partial charge in [0.15, 0.2) is 0 Å². The number of aliphatic imine (C=N–C) groups is 1. The Labute approximate surface area is 51.1 Å². The van der Waals surface area contributed by atoms with Crippen LogP contribution < -0.4 is 0 Å². The van der Waals surface area contributed by atoms with E-state index in [0.717, 1.165) is 0 Å². The van der Waals surface area contributed by atoms with E-state index in [1.54, 1.807) is 6.92 Å². The topological polar surface area (TPSA) is 49.7 Å². The van der Waals surface area contributed by atoms with E-state index < -0.39 is 11.1 Å². The van der Waals surface area contributed by atoms with Gasteiger partial charge in [-0.05, 0) is 6.42 Å². The Morgan fingerprint density at radius 3 is 2.38 bits per heavy atom. The molecule has 1 N–H and O–H groups in total. The second-order valence-electron chi connectivity index (χ2n) is 1.22. The van der Waals surface area contributed by atoms with Crippen molar-refractivity contribution < 1.29 is 8.76 Å². The zero-order valence-electron chi connectivity index (χ0n) is 4.92. The zero-order chi connectivity index (χ0) is 6.57. The highest BCUT2D eigenvalue weighted by atomic mass is 32.2. The summed E-state index contributed by atoms with van der Waals surface area (Å²) < 4.78 is 18.5. The minimum atomic E-state index is -1.85. The first-order valence-corrected chi connectivity index (χ1v) is 3.39. The van der Waals surface area contributed by atoms with Gasteiger partial charge in [-0.3, -0.25) is 4.99 Å². The van der Waals surface area contributed by atoms with Gasteiger partial charge in [0.2, 0.25) is 11.1 Å². The maximum atomic E-state index is 10.1. The average molecular weight is 135 g/mol. The number of hydrogen-bond acceptors (Lipinski definition) is 2. The Morgan fingerprint density at radius 1 is 1.88 bits per heavy atom. The van der Waals surface area contributed by atoms with Gasteiger partial charge in [0.1, 0.15) is 5.04 Å². The standard InChI is InChI=1S/C4H9NO2S/c1-3-4(5-2)8(6)7/h3H2,1-2H3,(H,6,7). The van der Waals surface area contributed by atoms with Crippen LogP contribution >= 0.6 is 0 Å². The molecule has 0 aromatic carbocycles. The fraction of sp³-hybridized carbons (Fsp3) is 0.750. The quantitative estimate of drug-likeness (QED) is 0.326. The summed E-state index contributed by atoms with van der Waals surface area (Å²) in [5, 5.41) is 0.338. The molecule has 0 aliphatic rings. The van der Waals surface area contributed by atoms with Crippen molar-refractivity contribution in [1.82, 2.24) is 0 Å². The van der Waals surface area contributed by atoms with E-state index in [1.807, 2.05) is 0 Å². The van der Waals surface area contributed by atoms with Crippen LogP contribution in [-0.2, 0) is 11.1 Å². The van der Waals surface area contributed by atoms with Crippen LogP contribution in [0.3, 0.4) is 0 Å². The Morgan fingerprint density at radius 2 is 2.38 bits per heavy atom. The van der Waals surface area contributed by atoms with E-state index in [-0.39, 0.29) is 0 Å². The van der Waals surface area contributed by atoms with Crippen LogP contribution in [0, 0.1) is 0 Å². The van der Waals surface area contributed by atoms with Gasteiger partial charge in [0.25, 0.3) is 0 Å². The number of nitrogens with zero attached hydrogens (tertiary/aromatic N) is 1.